The SMILES string of the molecule is CCC(NC(=O)C1CCC(N)C1)c1ccccc1OC(F)F.Cl. The summed E-state index contributed by atoms with van der Waals surface area (Å²) in [6.45, 7) is -0.994. The topological polar surface area (TPSA) is 64.4 Å². The molecule has 3 unspecified atom stereocenters. The van der Waals surface area contributed by atoms with E-state index in [1.165, 1.54) is 6.07 Å². The van der Waals surface area contributed by atoms with E-state index < -0.39 is 6.61 Å². The van der Waals surface area contributed by atoms with Crippen molar-refractivity contribution in [1.29, 1.82) is 0 Å². The maximum Gasteiger partial charge on any atom is 0.387 e. The van der Waals surface area contributed by atoms with Gasteiger partial charge in [0.25, 0.3) is 0 Å². The molecular weight excluding hydrogens is 326 g/mol. The fourth-order valence-corrected chi connectivity index (χ4v) is 2.92. The monoisotopic (exact) mass is 348 g/mol. The van der Waals surface area contributed by atoms with Crippen molar-refractivity contribution in [3.63, 3.8) is 0 Å². The van der Waals surface area contributed by atoms with Gasteiger partial charge in [-0.05, 0) is 31.7 Å². The molecule has 0 radical (unpaired) electrons. The lowest BCUT2D eigenvalue weighted by molar-refractivity contribution is -0.125. The number of para-hydroxylation sites is 1. The number of nitrogens with one attached hydrogen (secondary N) is 1. The predicted octanol–water partition coefficient (Wildman–Crippen LogP) is 3.40. The lowest BCUT2D eigenvalue weighted by Crippen LogP contribution is -2.33. The Kier molecular flexibility index (Phi) is 7.72. The van der Waals surface area contributed by atoms with E-state index >= 15 is 0 Å². The van der Waals surface area contributed by atoms with Gasteiger partial charge in [0, 0.05) is 17.5 Å². The molecule has 1 aliphatic carbocycles. The number of alkyl halides is 2. The van der Waals surface area contributed by atoms with Crippen molar-refractivity contribution >= 4 is 18.3 Å². The van der Waals surface area contributed by atoms with E-state index in [1.54, 1.807) is 18.2 Å². The van der Waals surface area contributed by atoms with Crippen molar-refractivity contribution in [2.75, 3.05) is 0 Å². The largest absolute Gasteiger partial charge is 0.434 e. The van der Waals surface area contributed by atoms with E-state index in [0.717, 1.165) is 12.8 Å². The molecule has 3 N–H and O–H groups in total. The van der Waals surface area contributed by atoms with Crippen molar-refractivity contribution in [1.82, 2.24) is 5.32 Å². The molecule has 0 aliphatic heterocycles. The van der Waals surface area contributed by atoms with Crippen molar-refractivity contribution in [2.45, 2.75) is 51.3 Å². The van der Waals surface area contributed by atoms with E-state index in [2.05, 4.69) is 10.1 Å². The normalized spacial score (nSPS) is 21.6. The molecule has 1 aliphatic rings. The second kappa shape index (κ2) is 9.03. The Morgan fingerprint density at radius 2 is 2.09 bits per heavy atom. The summed E-state index contributed by atoms with van der Waals surface area (Å²) in [5.74, 6) is -0.0494. The number of halogens is 3. The molecule has 2 rings (SSSR count). The van der Waals surface area contributed by atoms with E-state index in [4.69, 9.17) is 5.73 Å². The quantitative estimate of drug-likeness (QED) is 0.828. The van der Waals surface area contributed by atoms with Crippen molar-refractivity contribution in [3.8, 4) is 5.75 Å². The zero-order valence-corrected chi connectivity index (χ0v) is 13.8. The minimum Gasteiger partial charge on any atom is -0.434 e. The molecule has 0 bridgehead atoms. The summed E-state index contributed by atoms with van der Waals surface area (Å²) >= 11 is 0. The van der Waals surface area contributed by atoms with Crippen LogP contribution in [0.3, 0.4) is 0 Å². The Morgan fingerprint density at radius 3 is 2.65 bits per heavy atom. The third kappa shape index (κ3) is 5.32. The van der Waals surface area contributed by atoms with Crippen molar-refractivity contribution in [2.24, 2.45) is 11.7 Å². The molecule has 130 valence electrons. The van der Waals surface area contributed by atoms with Crippen LogP contribution in [0.2, 0.25) is 0 Å². The second-order valence-electron chi connectivity index (χ2n) is 5.66. The number of ether oxygens (including phenoxy) is 1. The summed E-state index contributed by atoms with van der Waals surface area (Å²) in [6, 6.07) is 6.29. The number of hydrogen-bond donors (Lipinski definition) is 2. The zero-order valence-electron chi connectivity index (χ0n) is 13.0. The third-order valence-electron chi connectivity index (χ3n) is 4.08. The fourth-order valence-electron chi connectivity index (χ4n) is 2.92. The van der Waals surface area contributed by atoms with Gasteiger partial charge in [-0.3, -0.25) is 4.79 Å². The Bertz CT molecular complexity index is 517. The average Bonchev–Trinajstić information content (AvgIpc) is 2.91. The maximum atomic E-state index is 12.5. The summed E-state index contributed by atoms with van der Waals surface area (Å²) in [4.78, 5) is 12.3. The van der Waals surface area contributed by atoms with Crippen LogP contribution < -0.4 is 15.8 Å². The van der Waals surface area contributed by atoms with Gasteiger partial charge < -0.3 is 15.8 Å². The van der Waals surface area contributed by atoms with Gasteiger partial charge >= 0.3 is 6.61 Å². The van der Waals surface area contributed by atoms with Gasteiger partial charge in [-0.1, -0.05) is 25.1 Å². The number of hydrogen-bond acceptors (Lipinski definition) is 3. The molecule has 0 aromatic heterocycles. The van der Waals surface area contributed by atoms with Crippen molar-refractivity contribution in [3.05, 3.63) is 29.8 Å². The molecule has 4 nitrogen and oxygen atoms in total. The Labute approximate surface area is 141 Å². The van der Waals surface area contributed by atoms with E-state index in [0.29, 0.717) is 18.4 Å². The molecule has 7 heteroatoms. The number of nitrogens with two attached hydrogens (primary N) is 1. The van der Waals surface area contributed by atoms with Crippen LogP contribution in [0.4, 0.5) is 8.78 Å². The number of carbonyl (C=O) groups is 1. The zero-order chi connectivity index (χ0) is 16.1. The van der Waals surface area contributed by atoms with Crippen LogP contribution in [-0.2, 0) is 4.79 Å². The highest BCUT2D eigenvalue weighted by molar-refractivity contribution is 5.85. The predicted molar refractivity (Wildman–Crippen MR) is 86.8 cm³/mol. The van der Waals surface area contributed by atoms with Gasteiger partial charge in [0.1, 0.15) is 5.75 Å². The number of benzene rings is 1. The molecule has 3 atom stereocenters. The standard InChI is InChI=1S/C16H22F2N2O2.ClH/c1-2-13(20-15(21)10-7-8-11(19)9-10)12-5-3-4-6-14(12)22-16(17)18;/h3-6,10-11,13,16H,2,7-9,19H2,1H3,(H,20,21);1H. The Morgan fingerprint density at radius 1 is 1.39 bits per heavy atom. The van der Waals surface area contributed by atoms with Crippen LogP contribution in [-0.4, -0.2) is 18.6 Å². The maximum absolute atomic E-state index is 12.5. The molecule has 1 saturated carbocycles. The summed E-state index contributed by atoms with van der Waals surface area (Å²) in [5.41, 5.74) is 6.40. The highest BCUT2D eigenvalue weighted by Gasteiger charge is 2.29. The van der Waals surface area contributed by atoms with Crippen molar-refractivity contribution < 1.29 is 18.3 Å². The van der Waals surface area contributed by atoms with Crippen LogP contribution >= 0.6 is 12.4 Å². The molecule has 0 saturated heterocycles. The molecule has 23 heavy (non-hydrogen) atoms. The van der Waals surface area contributed by atoms with Crippen LogP contribution in [0.25, 0.3) is 0 Å². The number of amides is 1. The summed E-state index contributed by atoms with van der Waals surface area (Å²) in [6.07, 6.45) is 2.89. The highest BCUT2D eigenvalue weighted by Crippen LogP contribution is 2.30. The van der Waals surface area contributed by atoms with Crippen LogP contribution in [0.15, 0.2) is 24.3 Å². The Balaban J connectivity index is 0.00000264. The molecule has 0 spiro atoms. The van der Waals surface area contributed by atoms with E-state index in [-0.39, 0.29) is 42.1 Å². The molecule has 1 aromatic rings. The first-order chi connectivity index (χ1) is 10.5. The lowest BCUT2D eigenvalue weighted by atomic mass is 10.0. The second-order valence-corrected chi connectivity index (χ2v) is 5.66. The fraction of sp³-hybridized carbons (Fsp3) is 0.562. The molecule has 1 amide bonds. The summed E-state index contributed by atoms with van der Waals surface area (Å²) in [5, 5.41) is 2.94. The third-order valence-corrected chi connectivity index (χ3v) is 4.08. The minimum atomic E-state index is -2.89. The number of carbonyl (C=O) groups excluding carboxylic acids is 1. The molecule has 1 fully saturated rings. The molecule has 1 aromatic carbocycles. The summed E-state index contributed by atoms with van der Waals surface area (Å²) < 4.78 is 29.5. The lowest BCUT2D eigenvalue weighted by Gasteiger charge is -2.22. The highest BCUT2D eigenvalue weighted by atomic mass is 35.5. The smallest absolute Gasteiger partial charge is 0.387 e. The van der Waals surface area contributed by atoms with Gasteiger partial charge in [0.15, 0.2) is 0 Å². The van der Waals surface area contributed by atoms with Gasteiger partial charge in [-0.25, -0.2) is 0 Å². The van der Waals surface area contributed by atoms with Gasteiger partial charge in [0.2, 0.25) is 5.91 Å². The Hall–Kier alpha value is -1.40. The first kappa shape index (κ1) is 19.6. The van der Waals surface area contributed by atoms with Crippen LogP contribution in [0.1, 0.15) is 44.2 Å². The minimum absolute atomic E-state index is 0. The van der Waals surface area contributed by atoms with Gasteiger partial charge in [-0.2, -0.15) is 8.78 Å². The average molecular weight is 349 g/mol. The molecular formula is C16H23ClF2N2O2. The number of rotatable bonds is 6. The van der Waals surface area contributed by atoms with Gasteiger partial charge in [0.05, 0.1) is 6.04 Å². The van der Waals surface area contributed by atoms with Crippen LogP contribution in [0.5, 0.6) is 5.75 Å². The van der Waals surface area contributed by atoms with E-state index in [1.807, 2.05) is 6.92 Å². The summed E-state index contributed by atoms with van der Waals surface area (Å²) in [7, 11) is 0. The first-order valence-electron chi connectivity index (χ1n) is 7.61. The van der Waals surface area contributed by atoms with E-state index in [9.17, 15) is 13.6 Å². The molecule has 0 heterocycles. The van der Waals surface area contributed by atoms with Gasteiger partial charge in [-0.15, -0.1) is 12.4 Å². The van der Waals surface area contributed by atoms with Crippen LogP contribution in [0, 0.1) is 5.92 Å². The first-order valence-corrected chi connectivity index (χ1v) is 7.61.